The van der Waals surface area contributed by atoms with Crippen molar-refractivity contribution in [1.29, 1.82) is 0 Å². The van der Waals surface area contributed by atoms with E-state index in [4.69, 9.17) is 4.74 Å². The number of ketones is 1. The number of hydrogen-bond acceptors (Lipinski definition) is 4. The lowest BCUT2D eigenvalue weighted by Gasteiger charge is -2.26. The van der Waals surface area contributed by atoms with Crippen molar-refractivity contribution < 1.29 is 14.3 Å². The van der Waals surface area contributed by atoms with Crippen LogP contribution in [0.5, 0.6) is 0 Å². The Balaban J connectivity index is 1.24. The Morgan fingerprint density at radius 1 is 0.781 bits per heavy atom. The Morgan fingerprint density at radius 2 is 1.44 bits per heavy atom. The van der Waals surface area contributed by atoms with Gasteiger partial charge in [0, 0.05) is 43.7 Å². The predicted octanol–water partition coefficient (Wildman–Crippen LogP) is 4.79. The number of nitrogens with one attached hydrogen (secondary N) is 1. The minimum atomic E-state index is -0.153. The van der Waals surface area contributed by atoms with Gasteiger partial charge < -0.3 is 10.1 Å². The molecule has 1 aliphatic rings. The molecule has 0 unspecified atom stereocenters. The van der Waals surface area contributed by atoms with Crippen molar-refractivity contribution in [2.45, 2.75) is 19.4 Å². The smallest absolute Gasteiger partial charge is 0.224 e. The lowest BCUT2D eigenvalue weighted by Crippen LogP contribution is -2.35. The molecule has 5 nitrogen and oxygen atoms in total. The van der Waals surface area contributed by atoms with Crippen LogP contribution in [0.15, 0.2) is 78.9 Å². The molecule has 1 fully saturated rings. The monoisotopic (exact) mass is 428 g/mol. The Labute approximate surface area is 189 Å². The standard InChI is InChI=1S/C27H28N2O3/c30-26(24-10-8-23(9-11-24)22-4-2-1-3-5-22)14-15-27(31)28-25-12-6-21(7-13-25)20-29-16-18-32-19-17-29/h1-13H,14-20H2,(H,28,31). The van der Waals surface area contributed by atoms with Crippen molar-refractivity contribution in [2.24, 2.45) is 0 Å². The van der Waals surface area contributed by atoms with Gasteiger partial charge in [-0.15, -0.1) is 0 Å². The second kappa shape index (κ2) is 10.8. The van der Waals surface area contributed by atoms with Crippen LogP contribution in [0.1, 0.15) is 28.8 Å². The second-order valence-corrected chi connectivity index (χ2v) is 8.00. The lowest BCUT2D eigenvalue weighted by atomic mass is 10.0. The molecule has 3 aromatic carbocycles. The minimum Gasteiger partial charge on any atom is -0.379 e. The van der Waals surface area contributed by atoms with Crippen molar-refractivity contribution in [1.82, 2.24) is 4.90 Å². The van der Waals surface area contributed by atoms with E-state index in [0.717, 1.165) is 49.7 Å². The van der Waals surface area contributed by atoms with Gasteiger partial charge in [0.25, 0.3) is 0 Å². The summed E-state index contributed by atoms with van der Waals surface area (Å²) in [6.07, 6.45) is 0.348. The molecular weight excluding hydrogens is 400 g/mol. The zero-order valence-corrected chi connectivity index (χ0v) is 18.1. The van der Waals surface area contributed by atoms with E-state index in [1.165, 1.54) is 5.56 Å². The highest BCUT2D eigenvalue weighted by Gasteiger charge is 2.12. The summed E-state index contributed by atoms with van der Waals surface area (Å²) in [5.41, 5.74) is 4.77. The minimum absolute atomic E-state index is 0.0272. The number of nitrogens with zero attached hydrogens (tertiary/aromatic N) is 1. The maximum Gasteiger partial charge on any atom is 0.224 e. The van der Waals surface area contributed by atoms with Gasteiger partial charge in [0.2, 0.25) is 5.91 Å². The van der Waals surface area contributed by atoms with Gasteiger partial charge in [-0.2, -0.15) is 0 Å². The third-order valence-corrected chi connectivity index (χ3v) is 5.64. The van der Waals surface area contributed by atoms with Crippen LogP contribution in [-0.4, -0.2) is 42.9 Å². The van der Waals surface area contributed by atoms with Crippen LogP contribution in [0.4, 0.5) is 5.69 Å². The van der Waals surface area contributed by atoms with Crippen molar-refractivity contribution in [3.8, 4) is 11.1 Å². The number of anilines is 1. The molecule has 0 saturated carbocycles. The molecule has 1 N–H and O–H groups in total. The molecule has 164 valence electrons. The Morgan fingerprint density at radius 3 is 2.12 bits per heavy atom. The highest BCUT2D eigenvalue weighted by atomic mass is 16.5. The van der Waals surface area contributed by atoms with Crippen LogP contribution in [0, 0.1) is 0 Å². The number of rotatable bonds is 8. The highest BCUT2D eigenvalue weighted by molar-refractivity contribution is 6.00. The van der Waals surface area contributed by atoms with Gasteiger partial charge in [-0.1, -0.05) is 66.7 Å². The normalized spacial score (nSPS) is 14.1. The van der Waals surface area contributed by atoms with E-state index in [1.807, 2.05) is 78.9 Å². The van der Waals surface area contributed by atoms with E-state index in [9.17, 15) is 9.59 Å². The number of carbonyl (C=O) groups excluding carboxylic acids is 2. The van der Waals surface area contributed by atoms with Crippen LogP contribution in [0.25, 0.3) is 11.1 Å². The fourth-order valence-corrected chi connectivity index (χ4v) is 3.79. The summed E-state index contributed by atoms with van der Waals surface area (Å²) in [6.45, 7) is 4.34. The SMILES string of the molecule is O=C(CCC(=O)c1ccc(-c2ccccc2)cc1)Nc1ccc(CN2CCOCC2)cc1. The first-order valence-electron chi connectivity index (χ1n) is 11.0. The summed E-state index contributed by atoms with van der Waals surface area (Å²) in [6, 6.07) is 25.5. The quantitative estimate of drug-likeness (QED) is 0.524. The van der Waals surface area contributed by atoms with Crippen LogP contribution in [0.3, 0.4) is 0 Å². The number of hydrogen-bond donors (Lipinski definition) is 1. The lowest BCUT2D eigenvalue weighted by molar-refractivity contribution is -0.116. The third kappa shape index (κ3) is 6.13. The fraction of sp³-hybridized carbons (Fsp3) is 0.259. The fourth-order valence-electron chi connectivity index (χ4n) is 3.79. The predicted molar refractivity (Wildman–Crippen MR) is 127 cm³/mol. The molecule has 0 aromatic heterocycles. The van der Waals surface area contributed by atoms with Crippen molar-refractivity contribution >= 4 is 17.4 Å². The summed E-state index contributed by atoms with van der Waals surface area (Å²) in [7, 11) is 0. The molecule has 0 spiro atoms. The molecule has 5 heteroatoms. The Bertz CT molecular complexity index is 1020. The van der Waals surface area contributed by atoms with E-state index < -0.39 is 0 Å². The van der Waals surface area contributed by atoms with Crippen molar-refractivity contribution in [3.05, 3.63) is 90.0 Å². The summed E-state index contributed by atoms with van der Waals surface area (Å²) in [4.78, 5) is 27.1. The number of benzene rings is 3. The van der Waals surface area contributed by atoms with E-state index in [-0.39, 0.29) is 24.5 Å². The topological polar surface area (TPSA) is 58.6 Å². The Hall–Kier alpha value is -3.28. The zero-order valence-electron chi connectivity index (χ0n) is 18.1. The van der Waals surface area contributed by atoms with Gasteiger partial charge in [0.1, 0.15) is 0 Å². The van der Waals surface area contributed by atoms with E-state index in [0.29, 0.717) is 5.56 Å². The first-order valence-corrected chi connectivity index (χ1v) is 11.0. The zero-order chi connectivity index (χ0) is 22.2. The molecule has 1 amide bonds. The first-order chi connectivity index (χ1) is 15.7. The number of carbonyl (C=O) groups is 2. The molecule has 1 saturated heterocycles. The number of ether oxygens (including phenoxy) is 1. The van der Waals surface area contributed by atoms with Gasteiger partial charge in [-0.3, -0.25) is 14.5 Å². The summed E-state index contributed by atoms with van der Waals surface area (Å²) < 4.78 is 5.38. The molecule has 3 aromatic rings. The molecular formula is C27H28N2O3. The van der Waals surface area contributed by atoms with Crippen LogP contribution >= 0.6 is 0 Å². The maximum absolute atomic E-state index is 12.5. The van der Waals surface area contributed by atoms with Gasteiger partial charge in [0.15, 0.2) is 5.78 Å². The van der Waals surface area contributed by atoms with E-state index in [1.54, 1.807) is 0 Å². The van der Waals surface area contributed by atoms with Crippen LogP contribution in [-0.2, 0) is 16.1 Å². The van der Waals surface area contributed by atoms with Crippen molar-refractivity contribution in [3.63, 3.8) is 0 Å². The van der Waals surface area contributed by atoms with Gasteiger partial charge in [-0.05, 0) is 28.8 Å². The van der Waals surface area contributed by atoms with Gasteiger partial charge in [0.05, 0.1) is 13.2 Å². The average molecular weight is 429 g/mol. The number of morpholine rings is 1. The molecule has 1 heterocycles. The largest absolute Gasteiger partial charge is 0.379 e. The molecule has 32 heavy (non-hydrogen) atoms. The summed E-state index contributed by atoms with van der Waals surface area (Å²) >= 11 is 0. The second-order valence-electron chi connectivity index (χ2n) is 8.00. The third-order valence-electron chi connectivity index (χ3n) is 5.64. The molecule has 1 aliphatic heterocycles. The van der Waals surface area contributed by atoms with Crippen LogP contribution in [0.2, 0.25) is 0 Å². The number of amides is 1. The highest BCUT2D eigenvalue weighted by Crippen LogP contribution is 2.20. The molecule has 4 rings (SSSR count). The van der Waals surface area contributed by atoms with Crippen molar-refractivity contribution in [2.75, 3.05) is 31.6 Å². The Kier molecular flexibility index (Phi) is 7.43. The van der Waals surface area contributed by atoms with E-state index in [2.05, 4.69) is 10.2 Å². The average Bonchev–Trinajstić information content (AvgIpc) is 2.85. The maximum atomic E-state index is 12.5. The van der Waals surface area contributed by atoms with Gasteiger partial charge >= 0.3 is 0 Å². The summed E-state index contributed by atoms with van der Waals surface area (Å²) in [5, 5.41) is 2.89. The molecule has 0 atom stereocenters. The molecule has 0 aliphatic carbocycles. The van der Waals surface area contributed by atoms with Crippen LogP contribution < -0.4 is 5.32 Å². The summed E-state index contributed by atoms with van der Waals surface area (Å²) in [5.74, 6) is -0.180. The van der Waals surface area contributed by atoms with Gasteiger partial charge in [-0.25, -0.2) is 0 Å². The molecule has 0 radical (unpaired) electrons. The van der Waals surface area contributed by atoms with E-state index >= 15 is 0 Å². The first kappa shape index (κ1) is 21.9. The number of Topliss-reactive ketones (excluding diaryl/α,β-unsaturated/α-hetero) is 1. The molecule has 0 bridgehead atoms.